The third-order valence-corrected chi connectivity index (χ3v) is 5.15. The van der Waals surface area contributed by atoms with E-state index in [4.69, 9.17) is 70.1 Å². The zero-order chi connectivity index (χ0) is 22.1. The van der Waals surface area contributed by atoms with Crippen molar-refractivity contribution in [2.75, 3.05) is 33.0 Å². The molecule has 2 aromatic rings. The molecule has 31 heavy (non-hydrogen) atoms. The highest BCUT2D eigenvalue weighted by molar-refractivity contribution is 6.55. The van der Waals surface area contributed by atoms with Crippen molar-refractivity contribution in [1.29, 1.82) is 0 Å². The lowest BCUT2D eigenvalue weighted by molar-refractivity contribution is 0.161. The second kappa shape index (κ2) is 12.4. The second-order valence-electron chi connectivity index (χ2n) is 6.56. The number of hydrogen-bond acceptors (Lipinski definition) is 5. The van der Waals surface area contributed by atoms with Gasteiger partial charge in [0.15, 0.2) is 17.2 Å². The number of unbranched alkanes of at least 4 members (excludes halogenated alkanes) is 2. The molecule has 0 saturated heterocycles. The first kappa shape index (κ1) is 24.0. The summed E-state index contributed by atoms with van der Waals surface area (Å²) in [4.78, 5) is 0. The minimum atomic E-state index is 0.132. The van der Waals surface area contributed by atoms with Crippen molar-refractivity contribution in [2.24, 2.45) is 0 Å². The predicted molar refractivity (Wildman–Crippen MR) is 124 cm³/mol. The van der Waals surface area contributed by atoms with E-state index in [-0.39, 0.29) is 11.1 Å². The van der Waals surface area contributed by atoms with Crippen LogP contribution in [-0.4, -0.2) is 33.0 Å². The Morgan fingerprint density at radius 1 is 0.903 bits per heavy atom. The average Bonchev–Trinajstić information content (AvgIpc) is 2.74. The van der Waals surface area contributed by atoms with Crippen LogP contribution in [0.15, 0.2) is 40.9 Å². The third-order valence-electron chi connectivity index (χ3n) is 4.28. The Balaban J connectivity index is 1.37. The Hall–Kier alpha value is -1.66. The Labute approximate surface area is 201 Å². The van der Waals surface area contributed by atoms with E-state index in [1.54, 1.807) is 12.1 Å². The van der Waals surface area contributed by atoms with E-state index >= 15 is 0 Å². The van der Waals surface area contributed by atoms with Gasteiger partial charge in [0.1, 0.15) is 30.1 Å². The summed E-state index contributed by atoms with van der Waals surface area (Å²) in [6.07, 6.45) is 4.15. The van der Waals surface area contributed by atoms with E-state index in [2.05, 4.69) is 0 Å². The van der Waals surface area contributed by atoms with Crippen LogP contribution in [0.5, 0.6) is 28.7 Å². The van der Waals surface area contributed by atoms with Crippen LogP contribution in [0.25, 0.3) is 0 Å². The molecule has 0 saturated carbocycles. The standard InChI is InChI=1S/C22H22Cl4O5/c23-16-13-15(27-10-7-20(25)26)14-17(24)21(16)30-9-3-1-2-8-28-18-5-4-6-19-22(18)31-12-11-29-19/h4-7,13-14H,1-3,8-12H2. The summed E-state index contributed by atoms with van der Waals surface area (Å²) < 4.78 is 28.4. The molecule has 0 bridgehead atoms. The van der Waals surface area contributed by atoms with E-state index in [0.29, 0.717) is 59.5 Å². The molecule has 0 spiro atoms. The highest BCUT2D eigenvalue weighted by Crippen LogP contribution is 2.39. The minimum absolute atomic E-state index is 0.132. The molecule has 0 aromatic heterocycles. The van der Waals surface area contributed by atoms with Crippen molar-refractivity contribution < 1.29 is 23.7 Å². The van der Waals surface area contributed by atoms with Gasteiger partial charge in [-0.1, -0.05) is 52.5 Å². The number of benzene rings is 2. The van der Waals surface area contributed by atoms with Crippen molar-refractivity contribution in [3.05, 3.63) is 50.9 Å². The number of ether oxygens (including phenoxy) is 5. The van der Waals surface area contributed by atoms with Gasteiger partial charge < -0.3 is 23.7 Å². The molecular formula is C22H22Cl4O5. The third kappa shape index (κ3) is 7.46. The summed E-state index contributed by atoms with van der Waals surface area (Å²) in [6, 6.07) is 8.93. The lowest BCUT2D eigenvalue weighted by Gasteiger charge is -2.20. The fraction of sp³-hybridized carbons (Fsp3) is 0.364. The van der Waals surface area contributed by atoms with Crippen LogP contribution < -0.4 is 23.7 Å². The number of fused-ring (bicyclic) bond motifs is 1. The molecule has 5 nitrogen and oxygen atoms in total. The maximum Gasteiger partial charge on any atom is 0.203 e. The first-order chi connectivity index (χ1) is 15.0. The molecule has 9 heteroatoms. The van der Waals surface area contributed by atoms with Crippen molar-refractivity contribution in [3.63, 3.8) is 0 Å². The molecule has 1 heterocycles. The predicted octanol–water partition coefficient (Wildman–Crippen LogP) is 7.09. The summed E-state index contributed by atoms with van der Waals surface area (Å²) in [7, 11) is 0. The first-order valence-electron chi connectivity index (χ1n) is 9.82. The van der Waals surface area contributed by atoms with Crippen molar-refractivity contribution >= 4 is 46.4 Å². The summed E-state index contributed by atoms with van der Waals surface area (Å²) >= 11 is 23.6. The second-order valence-corrected chi connectivity index (χ2v) is 8.38. The van der Waals surface area contributed by atoms with Gasteiger partial charge in [0.05, 0.1) is 23.3 Å². The number of halogens is 4. The fourth-order valence-electron chi connectivity index (χ4n) is 2.86. The smallest absolute Gasteiger partial charge is 0.203 e. The summed E-state index contributed by atoms with van der Waals surface area (Å²) in [5, 5.41) is 0.755. The number of hydrogen-bond donors (Lipinski definition) is 0. The molecule has 3 rings (SSSR count). The van der Waals surface area contributed by atoms with Crippen LogP contribution in [-0.2, 0) is 0 Å². The molecule has 1 aliphatic rings. The van der Waals surface area contributed by atoms with Crippen LogP contribution >= 0.6 is 46.4 Å². The monoisotopic (exact) mass is 506 g/mol. The molecule has 1 aliphatic heterocycles. The van der Waals surface area contributed by atoms with E-state index in [9.17, 15) is 0 Å². The SMILES string of the molecule is ClC(Cl)=CCOc1cc(Cl)c(OCCCCCOc2cccc3c2OCCO3)c(Cl)c1. The molecule has 0 amide bonds. The summed E-state index contributed by atoms with van der Waals surface area (Å²) in [5.41, 5.74) is 0. The highest BCUT2D eigenvalue weighted by atomic mass is 35.5. The van der Waals surface area contributed by atoms with E-state index in [0.717, 1.165) is 25.0 Å². The van der Waals surface area contributed by atoms with Crippen molar-refractivity contribution in [3.8, 4) is 28.7 Å². The molecule has 2 aromatic carbocycles. The lowest BCUT2D eigenvalue weighted by Crippen LogP contribution is -2.16. The zero-order valence-electron chi connectivity index (χ0n) is 16.7. The molecule has 0 radical (unpaired) electrons. The van der Waals surface area contributed by atoms with Gasteiger partial charge >= 0.3 is 0 Å². The van der Waals surface area contributed by atoms with Crippen LogP contribution in [0.1, 0.15) is 19.3 Å². The highest BCUT2D eigenvalue weighted by Gasteiger charge is 2.16. The van der Waals surface area contributed by atoms with Crippen molar-refractivity contribution in [1.82, 2.24) is 0 Å². The maximum atomic E-state index is 6.27. The van der Waals surface area contributed by atoms with Gasteiger partial charge in [-0.2, -0.15) is 0 Å². The van der Waals surface area contributed by atoms with Gasteiger partial charge in [-0.25, -0.2) is 0 Å². The molecule has 0 aliphatic carbocycles. The quantitative estimate of drug-likeness (QED) is 0.304. The lowest BCUT2D eigenvalue weighted by atomic mass is 10.2. The topological polar surface area (TPSA) is 46.2 Å². The van der Waals surface area contributed by atoms with Gasteiger partial charge in [0, 0.05) is 12.1 Å². The fourth-order valence-corrected chi connectivity index (χ4v) is 3.56. The average molecular weight is 508 g/mol. The van der Waals surface area contributed by atoms with Crippen LogP contribution in [0.2, 0.25) is 10.0 Å². The number of para-hydroxylation sites is 1. The Morgan fingerprint density at radius 3 is 2.35 bits per heavy atom. The summed E-state index contributed by atoms with van der Waals surface area (Å²) in [5.74, 6) is 3.05. The summed E-state index contributed by atoms with van der Waals surface area (Å²) in [6.45, 7) is 2.36. The molecule has 0 N–H and O–H groups in total. The number of rotatable bonds is 11. The Kier molecular flexibility index (Phi) is 9.59. The van der Waals surface area contributed by atoms with Gasteiger partial charge in [0.25, 0.3) is 0 Å². The van der Waals surface area contributed by atoms with Crippen LogP contribution in [0, 0.1) is 0 Å². The molecular weight excluding hydrogens is 486 g/mol. The normalized spacial score (nSPS) is 12.3. The van der Waals surface area contributed by atoms with Crippen LogP contribution in [0.3, 0.4) is 0 Å². The first-order valence-corrected chi connectivity index (χ1v) is 11.3. The minimum Gasteiger partial charge on any atom is -0.490 e. The Bertz CT molecular complexity index is 876. The Morgan fingerprint density at radius 2 is 1.61 bits per heavy atom. The molecule has 168 valence electrons. The molecule has 0 unspecified atom stereocenters. The van der Waals surface area contributed by atoms with Gasteiger partial charge in [-0.15, -0.1) is 0 Å². The van der Waals surface area contributed by atoms with Gasteiger partial charge in [-0.05, 0) is 37.5 Å². The largest absolute Gasteiger partial charge is 0.490 e. The molecule has 0 fully saturated rings. The maximum absolute atomic E-state index is 6.27. The van der Waals surface area contributed by atoms with E-state index < -0.39 is 0 Å². The van der Waals surface area contributed by atoms with E-state index in [1.165, 1.54) is 6.08 Å². The zero-order valence-corrected chi connectivity index (χ0v) is 19.7. The van der Waals surface area contributed by atoms with Gasteiger partial charge in [-0.3, -0.25) is 0 Å². The van der Waals surface area contributed by atoms with Gasteiger partial charge in [0.2, 0.25) is 5.75 Å². The molecule has 0 atom stereocenters. The van der Waals surface area contributed by atoms with Crippen molar-refractivity contribution in [2.45, 2.75) is 19.3 Å². The van der Waals surface area contributed by atoms with E-state index in [1.807, 2.05) is 18.2 Å². The van der Waals surface area contributed by atoms with Crippen LogP contribution in [0.4, 0.5) is 0 Å².